The number of carbonyl (C=O) groups is 1. The SMILES string of the molecule is Cc1ccc(S[C@H](C)C(=O)N(C)C2CCCC2)cc1. The van der Waals surface area contributed by atoms with Crippen LogP contribution in [-0.4, -0.2) is 29.1 Å². The van der Waals surface area contributed by atoms with Gasteiger partial charge in [-0.1, -0.05) is 30.5 Å². The lowest BCUT2D eigenvalue weighted by Crippen LogP contribution is -2.39. The van der Waals surface area contributed by atoms with Crippen molar-refractivity contribution in [3.05, 3.63) is 29.8 Å². The molecular weight excluding hydrogens is 254 g/mol. The molecule has 104 valence electrons. The number of hydrogen-bond acceptors (Lipinski definition) is 2. The van der Waals surface area contributed by atoms with Gasteiger partial charge in [-0.15, -0.1) is 11.8 Å². The van der Waals surface area contributed by atoms with Gasteiger partial charge in [0.1, 0.15) is 0 Å². The van der Waals surface area contributed by atoms with Crippen LogP contribution in [0.5, 0.6) is 0 Å². The molecule has 0 radical (unpaired) electrons. The van der Waals surface area contributed by atoms with Crippen LogP contribution in [0, 0.1) is 6.92 Å². The number of aryl methyl sites for hydroxylation is 1. The third-order valence-corrected chi connectivity index (χ3v) is 5.00. The van der Waals surface area contributed by atoms with Crippen molar-refractivity contribution in [2.24, 2.45) is 0 Å². The Morgan fingerprint density at radius 2 is 1.84 bits per heavy atom. The molecule has 1 atom stereocenters. The summed E-state index contributed by atoms with van der Waals surface area (Å²) in [6.07, 6.45) is 4.87. The summed E-state index contributed by atoms with van der Waals surface area (Å²) < 4.78 is 0. The normalized spacial score (nSPS) is 17.4. The van der Waals surface area contributed by atoms with Gasteiger partial charge in [-0.05, 0) is 38.8 Å². The molecule has 2 rings (SSSR count). The fraction of sp³-hybridized carbons (Fsp3) is 0.562. The molecule has 0 aliphatic heterocycles. The van der Waals surface area contributed by atoms with Gasteiger partial charge >= 0.3 is 0 Å². The van der Waals surface area contributed by atoms with Crippen LogP contribution in [0.25, 0.3) is 0 Å². The van der Waals surface area contributed by atoms with E-state index in [9.17, 15) is 4.79 Å². The van der Waals surface area contributed by atoms with E-state index in [0.717, 1.165) is 0 Å². The average molecular weight is 277 g/mol. The van der Waals surface area contributed by atoms with E-state index >= 15 is 0 Å². The summed E-state index contributed by atoms with van der Waals surface area (Å²) in [6.45, 7) is 4.09. The number of carbonyl (C=O) groups excluding carboxylic acids is 1. The Bertz CT molecular complexity index is 423. The second kappa shape index (κ2) is 6.47. The zero-order valence-corrected chi connectivity index (χ0v) is 12.9. The highest BCUT2D eigenvalue weighted by Gasteiger charge is 2.26. The van der Waals surface area contributed by atoms with Crippen LogP contribution in [0.15, 0.2) is 29.2 Å². The quantitative estimate of drug-likeness (QED) is 0.779. The number of thioether (sulfide) groups is 1. The summed E-state index contributed by atoms with van der Waals surface area (Å²) in [5.74, 6) is 0.262. The lowest BCUT2D eigenvalue weighted by atomic mass is 10.2. The van der Waals surface area contributed by atoms with Gasteiger partial charge in [0.25, 0.3) is 0 Å². The first-order valence-electron chi connectivity index (χ1n) is 7.08. The van der Waals surface area contributed by atoms with Gasteiger partial charge in [0.2, 0.25) is 5.91 Å². The lowest BCUT2D eigenvalue weighted by molar-refractivity contribution is -0.130. The summed E-state index contributed by atoms with van der Waals surface area (Å²) >= 11 is 1.66. The molecule has 0 saturated heterocycles. The first-order valence-corrected chi connectivity index (χ1v) is 7.96. The summed E-state index contributed by atoms with van der Waals surface area (Å²) in [5.41, 5.74) is 1.26. The van der Waals surface area contributed by atoms with Gasteiger partial charge < -0.3 is 4.90 Å². The van der Waals surface area contributed by atoms with Crippen LogP contribution in [0.2, 0.25) is 0 Å². The van der Waals surface area contributed by atoms with Gasteiger partial charge in [0.15, 0.2) is 0 Å². The van der Waals surface area contributed by atoms with Crippen LogP contribution in [0.4, 0.5) is 0 Å². The number of amides is 1. The van der Waals surface area contributed by atoms with E-state index in [1.165, 1.54) is 36.1 Å². The smallest absolute Gasteiger partial charge is 0.235 e. The Morgan fingerprint density at radius 3 is 2.42 bits per heavy atom. The number of rotatable bonds is 4. The molecule has 0 N–H and O–H groups in total. The maximum Gasteiger partial charge on any atom is 0.235 e. The van der Waals surface area contributed by atoms with Crippen molar-refractivity contribution < 1.29 is 4.79 Å². The van der Waals surface area contributed by atoms with Gasteiger partial charge in [-0.2, -0.15) is 0 Å². The van der Waals surface area contributed by atoms with Gasteiger partial charge in [-0.25, -0.2) is 0 Å². The molecule has 0 unspecified atom stereocenters. The van der Waals surface area contributed by atoms with Crippen LogP contribution in [-0.2, 0) is 4.79 Å². The van der Waals surface area contributed by atoms with Crippen LogP contribution in [0.1, 0.15) is 38.2 Å². The highest BCUT2D eigenvalue weighted by Crippen LogP contribution is 2.28. The zero-order valence-electron chi connectivity index (χ0n) is 12.1. The van der Waals surface area contributed by atoms with Crippen molar-refractivity contribution in [3.8, 4) is 0 Å². The van der Waals surface area contributed by atoms with Crippen molar-refractivity contribution in [2.45, 2.75) is 55.7 Å². The van der Waals surface area contributed by atoms with Crippen molar-refractivity contribution >= 4 is 17.7 Å². The molecule has 1 aromatic rings. The molecule has 1 aliphatic rings. The molecule has 1 aromatic carbocycles. The fourth-order valence-corrected chi connectivity index (χ4v) is 3.60. The highest BCUT2D eigenvalue weighted by molar-refractivity contribution is 8.00. The minimum absolute atomic E-state index is 0.00620. The van der Waals surface area contributed by atoms with Crippen LogP contribution < -0.4 is 0 Å². The van der Waals surface area contributed by atoms with Crippen molar-refractivity contribution in [1.82, 2.24) is 4.90 Å². The van der Waals surface area contributed by atoms with Gasteiger partial charge in [0, 0.05) is 18.0 Å². The molecule has 0 spiro atoms. The first kappa shape index (κ1) is 14.4. The molecule has 0 heterocycles. The average Bonchev–Trinajstić information content (AvgIpc) is 2.93. The summed E-state index contributed by atoms with van der Waals surface area (Å²) in [4.78, 5) is 15.5. The maximum absolute atomic E-state index is 12.4. The zero-order chi connectivity index (χ0) is 13.8. The molecule has 1 aliphatic carbocycles. The maximum atomic E-state index is 12.4. The number of benzene rings is 1. The molecule has 3 heteroatoms. The Morgan fingerprint density at radius 1 is 1.26 bits per heavy atom. The summed E-state index contributed by atoms with van der Waals surface area (Å²) in [7, 11) is 1.96. The number of hydrogen-bond donors (Lipinski definition) is 0. The van der Waals surface area contributed by atoms with Crippen molar-refractivity contribution in [1.29, 1.82) is 0 Å². The van der Waals surface area contributed by atoms with E-state index in [4.69, 9.17) is 0 Å². The third-order valence-electron chi connectivity index (χ3n) is 3.90. The second-order valence-electron chi connectivity index (χ2n) is 5.46. The topological polar surface area (TPSA) is 20.3 Å². The molecular formula is C16H23NOS. The molecule has 1 fully saturated rings. The van der Waals surface area contributed by atoms with Crippen LogP contribution >= 0.6 is 11.8 Å². The predicted molar refractivity (Wildman–Crippen MR) is 81.5 cm³/mol. The summed E-state index contributed by atoms with van der Waals surface area (Å²) in [5, 5.41) is -0.00620. The number of nitrogens with zero attached hydrogens (tertiary/aromatic N) is 1. The van der Waals surface area contributed by atoms with Crippen molar-refractivity contribution in [2.75, 3.05) is 7.05 Å². The van der Waals surface area contributed by atoms with E-state index in [0.29, 0.717) is 6.04 Å². The minimum atomic E-state index is -0.00620. The molecule has 0 aromatic heterocycles. The van der Waals surface area contributed by atoms with E-state index < -0.39 is 0 Å². The molecule has 1 saturated carbocycles. The van der Waals surface area contributed by atoms with E-state index in [1.807, 2.05) is 18.9 Å². The molecule has 19 heavy (non-hydrogen) atoms. The predicted octanol–water partition coefficient (Wildman–Crippen LogP) is 3.88. The Balaban J connectivity index is 1.93. The monoisotopic (exact) mass is 277 g/mol. The van der Waals surface area contributed by atoms with Gasteiger partial charge in [-0.3, -0.25) is 4.79 Å². The third kappa shape index (κ3) is 3.75. The van der Waals surface area contributed by atoms with E-state index in [2.05, 4.69) is 31.2 Å². The summed E-state index contributed by atoms with van der Waals surface area (Å²) in [6, 6.07) is 8.85. The second-order valence-corrected chi connectivity index (χ2v) is 6.87. The molecule has 0 bridgehead atoms. The Hall–Kier alpha value is -0.960. The van der Waals surface area contributed by atoms with Crippen molar-refractivity contribution in [3.63, 3.8) is 0 Å². The van der Waals surface area contributed by atoms with Crippen LogP contribution in [0.3, 0.4) is 0 Å². The molecule has 1 amide bonds. The van der Waals surface area contributed by atoms with E-state index in [1.54, 1.807) is 11.8 Å². The minimum Gasteiger partial charge on any atom is -0.342 e. The highest BCUT2D eigenvalue weighted by atomic mass is 32.2. The first-order chi connectivity index (χ1) is 9.08. The fourth-order valence-electron chi connectivity index (χ4n) is 2.63. The van der Waals surface area contributed by atoms with E-state index in [-0.39, 0.29) is 11.2 Å². The lowest BCUT2D eigenvalue weighted by Gasteiger charge is -2.27. The van der Waals surface area contributed by atoms with Gasteiger partial charge in [0.05, 0.1) is 5.25 Å². The largest absolute Gasteiger partial charge is 0.342 e. The Kier molecular flexibility index (Phi) is 4.92. The standard InChI is InChI=1S/C16H23NOS/c1-12-8-10-15(11-9-12)19-13(2)16(18)17(3)14-6-4-5-7-14/h8-11,13-14H,4-7H2,1-3H3/t13-/m1/s1. The molecule has 2 nitrogen and oxygen atoms in total. The Labute approximate surface area is 120 Å².